The number of carbonyl (C=O) groups excluding carboxylic acids is 2. The van der Waals surface area contributed by atoms with Crippen LogP contribution < -0.4 is 5.32 Å². The second kappa shape index (κ2) is 6.89. The maximum Gasteiger partial charge on any atom is 0.350 e. The van der Waals surface area contributed by atoms with E-state index in [-0.39, 0.29) is 15.3 Å². The monoisotopic (exact) mass is 389 g/mol. The summed E-state index contributed by atoms with van der Waals surface area (Å²) in [6, 6.07) is 13.1. The summed E-state index contributed by atoms with van der Waals surface area (Å²) in [5, 5.41) is 3.37. The zero-order valence-corrected chi connectivity index (χ0v) is 15.6. The zero-order chi connectivity index (χ0) is 18.9. The molecule has 0 saturated carbocycles. The van der Waals surface area contributed by atoms with Crippen molar-refractivity contribution >= 4 is 48.8 Å². The van der Waals surface area contributed by atoms with Crippen molar-refractivity contribution < 1.29 is 22.7 Å². The summed E-state index contributed by atoms with van der Waals surface area (Å²) in [6.45, 7) is 0. The van der Waals surface area contributed by atoms with E-state index in [0.717, 1.165) is 11.0 Å². The molecular weight excluding hydrogens is 374 g/mol. The molecule has 0 radical (unpaired) electrons. The number of sulfone groups is 1. The van der Waals surface area contributed by atoms with E-state index in [1.807, 2.05) is 12.1 Å². The lowest BCUT2D eigenvalue weighted by Gasteiger charge is -2.10. The van der Waals surface area contributed by atoms with E-state index < -0.39 is 21.7 Å². The molecule has 3 aromatic rings. The Bertz CT molecular complexity index is 1120. The van der Waals surface area contributed by atoms with Crippen molar-refractivity contribution in [1.29, 1.82) is 0 Å². The van der Waals surface area contributed by atoms with Crippen molar-refractivity contribution in [3.63, 3.8) is 0 Å². The van der Waals surface area contributed by atoms with Gasteiger partial charge in [0, 0.05) is 16.3 Å². The molecule has 134 valence electrons. The summed E-state index contributed by atoms with van der Waals surface area (Å²) >= 11 is 1.20. The van der Waals surface area contributed by atoms with Crippen LogP contribution in [0.5, 0.6) is 0 Å². The van der Waals surface area contributed by atoms with E-state index in [0.29, 0.717) is 11.1 Å². The Morgan fingerprint density at radius 3 is 2.38 bits per heavy atom. The van der Waals surface area contributed by atoms with Crippen LogP contribution in [0.1, 0.15) is 20.0 Å². The molecule has 0 unspecified atom stereocenters. The summed E-state index contributed by atoms with van der Waals surface area (Å²) in [6.07, 6.45) is 1.04. The number of thiophene rings is 1. The highest BCUT2D eigenvalue weighted by Crippen LogP contribution is 2.36. The molecule has 0 atom stereocenters. The van der Waals surface area contributed by atoms with Crippen LogP contribution in [0.2, 0.25) is 0 Å². The van der Waals surface area contributed by atoms with Gasteiger partial charge < -0.3 is 10.1 Å². The lowest BCUT2D eigenvalue weighted by atomic mass is 10.2. The highest BCUT2D eigenvalue weighted by molar-refractivity contribution is 7.90. The Hall–Kier alpha value is -2.71. The molecule has 1 heterocycles. The smallest absolute Gasteiger partial charge is 0.350 e. The van der Waals surface area contributed by atoms with Crippen LogP contribution in [0.25, 0.3) is 10.1 Å². The largest absolute Gasteiger partial charge is 0.465 e. The number of hydrogen-bond donors (Lipinski definition) is 1. The number of esters is 1. The molecule has 0 spiro atoms. The number of carbonyl (C=O) groups is 2. The number of hydrogen-bond acceptors (Lipinski definition) is 6. The van der Waals surface area contributed by atoms with E-state index in [1.54, 1.807) is 24.3 Å². The second-order valence-electron chi connectivity index (χ2n) is 5.52. The minimum atomic E-state index is -3.58. The van der Waals surface area contributed by atoms with Crippen LogP contribution in [-0.2, 0) is 14.6 Å². The summed E-state index contributed by atoms with van der Waals surface area (Å²) in [4.78, 5) is 25.0. The van der Waals surface area contributed by atoms with E-state index in [2.05, 4.69) is 5.32 Å². The summed E-state index contributed by atoms with van der Waals surface area (Å²) < 4.78 is 29.5. The first-order chi connectivity index (χ1) is 12.3. The minimum absolute atomic E-state index is 0.0149. The first kappa shape index (κ1) is 18.1. The fraction of sp³-hybridized carbons (Fsp3) is 0.111. The average Bonchev–Trinajstić information content (AvgIpc) is 2.99. The van der Waals surface area contributed by atoms with Gasteiger partial charge in [-0.3, -0.25) is 4.79 Å². The lowest BCUT2D eigenvalue weighted by Crippen LogP contribution is -2.17. The highest BCUT2D eigenvalue weighted by Gasteiger charge is 2.23. The molecule has 1 amide bonds. The van der Waals surface area contributed by atoms with Gasteiger partial charge in [-0.05, 0) is 18.2 Å². The topological polar surface area (TPSA) is 89.5 Å². The van der Waals surface area contributed by atoms with Crippen molar-refractivity contribution in [3.8, 4) is 0 Å². The van der Waals surface area contributed by atoms with Gasteiger partial charge in [-0.15, -0.1) is 11.3 Å². The quantitative estimate of drug-likeness (QED) is 0.691. The van der Waals surface area contributed by atoms with Crippen molar-refractivity contribution in [3.05, 3.63) is 59.0 Å². The third-order valence-corrected chi connectivity index (χ3v) is 6.04. The minimum Gasteiger partial charge on any atom is -0.465 e. The van der Waals surface area contributed by atoms with E-state index in [4.69, 9.17) is 4.74 Å². The van der Waals surface area contributed by atoms with Gasteiger partial charge in [-0.25, -0.2) is 13.2 Å². The highest BCUT2D eigenvalue weighted by atomic mass is 32.2. The lowest BCUT2D eigenvalue weighted by molar-refractivity contribution is 0.0607. The molecule has 6 nitrogen and oxygen atoms in total. The molecule has 26 heavy (non-hydrogen) atoms. The van der Waals surface area contributed by atoms with Crippen LogP contribution in [0.3, 0.4) is 0 Å². The van der Waals surface area contributed by atoms with Gasteiger partial charge in [0.05, 0.1) is 23.3 Å². The summed E-state index contributed by atoms with van der Waals surface area (Å²) in [5.41, 5.74) is 0.326. The molecule has 2 aromatic carbocycles. The van der Waals surface area contributed by atoms with E-state index in [1.165, 1.54) is 30.6 Å². The van der Waals surface area contributed by atoms with Gasteiger partial charge in [-0.1, -0.05) is 30.3 Å². The second-order valence-corrected chi connectivity index (χ2v) is 8.55. The van der Waals surface area contributed by atoms with Crippen LogP contribution in [0, 0.1) is 0 Å². The summed E-state index contributed by atoms with van der Waals surface area (Å²) in [7, 11) is -2.32. The Kier molecular flexibility index (Phi) is 4.80. The Morgan fingerprint density at radius 2 is 1.69 bits per heavy atom. The number of anilines is 1. The van der Waals surface area contributed by atoms with E-state index in [9.17, 15) is 18.0 Å². The Morgan fingerprint density at radius 1 is 1.04 bits per heavy atom. The van der Waals surface area contributed by atoms with Crippen molar-refractivity contribution in [2.45, 2.75) is 4.90 Å². The molecular formula is C18H15NO5S2. The first-order valence-electron chi connectivity index (χ1n) is 7.53. The third-order valence-electron chi connectivity index (χ3n) is 3.74. The molecule has 3 rings (SSSR count). The SMILES string of the molecule is COC(=O)c1sc2ccccc2c1NC(=O)c1ccccc1S(C)(=O)=O. The van der Waals surface area contributed by atoms with Gasteiger partial charge in [0.1, 0.15) is 4.88 Å². The molecule has 0 aliphatic heterocycles. The maximum atomic E-state index is 12.8. The number of ether oxygens (including phenoxy) is 1. The predicted molar refractivity (Wildman–Crippen MR) is 101 cm³/mol. The molecule has 0 saturated heterocycles. The average molecular weight is 389 g/mol. The fourth-order valence-corrected chi connectivity index (χ4v) is 4.53. The molecule has 0 aliphatic carbocycles. The Balaban J connectivity index is 2.10. The standard InChI is InChI=1S/C18H15NO5S2/c1-24-18(21)16-15(11-7-3-5-9-13(11)25-16)19-17(20)12-8-4-6-10-14(12)26(2,22)23/h3-10H,1-2H3,(H,19,20). The van der Waals surface area contributed by atoms with Gasteiger partial charge in [0.25, 0.3) is 5.91 Å². The van der Waals surface area contributed by atoms with Gasteiger partial charge in [0.2, 0.25) is 0 Å². The maximum absolute atomic E-state index is 12.8. The van der Waals surface area contributed by atoms with Crippen LogP contribution >= 0.6 is 11.3 Å². The van der Waals surface area contributed by atoms with Crippen molar-refractivity contribution in [1.82, 2.24) is 0 Å². The normalized spacial score (nSPS) is 11.3. The number of amides is 1. The fourth-order valence-electron chi connectivity index (χ4n) is 2.56. The molecule has 8 heteroatoms. The number of rotatable bonds is 4. The van der Waals surface area contributed by atoms with Crippen molar-refractivity contribution in [2.75, 3.05) is 18.7 Å². The molecule has 0 aliphatic rings. The molecule has 1 aromatic heterocycles. The van der Waals surface area contributed by atoms with E-state index >= 15 is 0 Å². The summed E-state index contributed by atoms with van der Waals surface area (Å²) in [5.74, 6) is -1.18. The van der Waals surface area contributed by atoms with Gasteiger partial charge >= 0.3 is 5.97 Å². The van der Waals surface area contributed by atoms with Crippen LogP contribution in [0.15, 0.2) is 53.4 Å². The molecule has 1 N–H and O–H groups in total. The van der Waals surface area contributed by atoms with Gasteiger partial charge in [-0.2, -0.15) is 0 Å². The number of methoxy groups -OCH3 is 1. The molecule has 0 bridgehead atoms. The zero-order valence-electron chi connectivity index (χ0n) is 14.0. The number of nitrogens with one attached hydrogen (secondary N) is 1. The van der Waals surface area contributed by atoms with Crippen molar-refractivity contribution in [2.24, 2.45) is 0 Å². The Labute approximate surface area is 154 Å². The van der Waals surface area contributed by atoms with Crippen LogP contribution in [-0.4, -0.2) is 33.7 Å². The predicted octanol–water partition coefficient (Wildman–Crippen LogP) is 3.34. The van der Waals surface area contributed by atoms with Crippen LogP contribution in [0.4, 0.5) is 5.69 Å². The molecule has 0 fully saturated rings. The first-order valence-corrected chi connectivity index (χ1v) is 10.2. The number of fused-ring (bicyclic) bond motifs is 1. The number of benzene rings is 2. The van der Waals surface area contributed by atoms with Gasteiger partial charge in [0.15, 0.2) is 9.84 Å². The third kappa shape index (κ3) is 3.33.